The number of halogens is 1. The van der Waals surface area contributed by atoms with E-state index in [2.05, 4.69) is 16.5 Å². The minimum Gasteiger partial charge on any atom is -0.497 e. The number of rotatable bonds is 4. The van der Waals surface area contributed by atoms with E-state index in [1.807, 2.05) is 18.2 Å². The Morgan fingerprint density at radius 3 is 2.67 bits per heavy atom. The Morgan fingerprint density at radius 2 is 2.00 bits per heavy atom. The van der Waals surface area contributed by atoms with Crippen LogP contribution in [0.15, 0.2) is 47.5 Å². The fraction of sp³-hybridized carbons (Fsp3) is 0.222. The van der Waals surface area contributed by atoms with Gasteiger partial charge in [0.15, 0.2) is 4.80 Å². The first kappa shape index (κ1) is 16.7. The van der Waals surface area contributed by atoms with E-state index < -0.39 is 0 Å². The van der Waals surface area contributed by atoms with E-state index in [-0.39, 0.29) is 5.91 Å². The third kappa shape index (κ3) is 3.37. The second-order valence-corrected chi connectivity index (χ2v) is 6.74. The average Bonchev–Trinajstić information content (AvgIpc) is 2.91. The molecule has 0 aliphatic heterocycles. The molecule has 0 atom stereocenters. The number of carbonyl (C=O) groups is 1. The SMILES string of the molecule is CCCn1c(=NC(=O)c2ccc(OC)cc2)sc2cc(Cl)ccc21. The highest BCUT2D eigenvalue weighted by Gasteiger charge is 2.09. The van der Waals surface area contributed by atoms with Gasteiger partial charge in [-0.05, 0) is 48.9 Å². The van der Waals surface area contributed by atoms with Crippen molar-refractivity contribution in [2.75, 3.05) is 7.11 Å². The molecule has 6 heteroatoms. The molecule has 124 valence electrons. The minimum absolute atomic E-state index is 0.264. The van der Waals surface area contributed by atoms with Crippen LogP contribution in [0.4, 0.5) is 0 Å². The summed E-state index contributed by atoms with van der Waals surface area (Å²) in [6.07, 6.45) is 0.957. The number of aromatic nitrogens is 1. The molecule has 24 heavy (non-hydrogen) atoms. The third-order valence-electron chi connectivity index (χ3n) is 3.63. The van der Waals surface area contributed by atoms with E-state index in [9.17, 15) is 4.79 Å². The van der Waals surface area contributed by atoms with Gasteiger partial charge in [0.05, 0.1) is 17.3 Å². The molecule has 0 bridgehead atoms. The summed E-state index contributed by atoms with van der Waals surface area (Å²) in [5.74, 6) is 0.448. The molecule has 1 aromatic heterocycles. The number of aryl methyl sites for hydroxylation is 1. The number of amides is 1. The van der Waals surface area contributed by atoms with Gasteiger partial charge in [-0.2, -0.15) is 4.99 Å². The molecular formula is C18H17ClN2O2S. The molecule has 0 saturated carbocycles. The normalized spacial score (nSPS) is 11.9. The number of thiazole rings is 1. The molecule has 0 saturated heterocycles. The summed E-state index contributed by atoms with van der Waals surface area (Å²) in [4.78, 5) is 17.5. The summed E-state index contributed by atoms with van der Waals surface area (Å²) in [5, 5.41) is 0.681. The van der Waals surface area contributed by atoms with E-state index in [4.69, 9.17) is 16.3 Å². The summed E-state index contributed by atoms with van der Waals surface area (Å²) >= 11 is 7.55. The number of nitrogens with zero attached hydrogens (tertiary/aromatic N) is 2. The highest BCUT2D eigenvalue weighted by Crippen LogP contribution is 2.22. The lowest BCUT2D eigenvalue weighted by molar-refractivity contribution is 0.0998. The first-order valence-corrected chi connectivity index (χ1v) is 8.84. The minimum atomic E-state index is -0.264. The van der Waals surface area contributed by atoms with Gasteiger partial charge in [0, 0.05) is 17.1 Å². The molecule has 0 radical (unpaired) electrons. The number of hydrogen-bond acceptors (Lipinski definition) is 3. The first-order chi connectivity index (χ1) is 11.6. The van der Waals surface area contributed by atoms with Crippen molar-refractivity contribution in [2.45, 2.75) is 19.9 Å². The van der Waals surface area contributed by atoms with Gasteiger partial charge in [-0.3, -0.25) is 4.79 Å². The maximum Gasteiger partial charge on any atom is 0.279 e. The molecule has 1 amide bonds. The van der Waals surface area contributed by atoms with Crippen molar-refractivity contribution < 1.29 is 9.53 Å². The average molecular weight is 361 g/mol. The molecule has 0 unspecified atom stereocenters. The van der Waals surface area contributed by atoms with Crippen LogP contribution in [0.1, 0.15) is 23.7 Å². The van der Waals surface area contributed by atoms with Crippen LogP contribution in [0.5, 0.6) is 5.75 Å². The fourth-order valence-electron chi connectivity index (χ4n) is 2.46. The van der Waals surface area contributed by atoms with Crippen molar-refractivity contribution in [2.24, 2.45) is 4.99 Å². The van der Waals surface area contributed by atoms with Gasteiger partial charge in [-0.15, -0.1) is 0 Å². The Bertz CT molecular complexity index is 942. The summed E-state index contributed by atoms with van der Waals surface area (Å²) in [7, 11) is 1.59. The summed E-state index contributed by atoms with van der Waals surface area (Å²) in [6.45, 7) is 2.90. The second-order valence-electron chi connectivity index (χ2n) is 5.29. The Hall–Kier alpha value is -2.11. The molecule has 1 heterocycles. The molecule has 0 aliphatic carbocycles. The Morgan fingerprint density at radius 1 is 1.25 bits per heavy atom. The molecular weight excluding hydrogens is 344 g/mol. The fourth-order valence-corrected chi connectivity index (χ4v) is 3.79. The van der Waals surface area contributed by atoms with Crippen LogP contribution in [0.25, 0.3) is 10.2 Å². The zero-order chi connectivity index (χ0) is 17.1. The van der Waals surface area contributed by atoms with Crippen molar-refractivity contribution in [3.8, 4) is 5.75 Å². The largest absolute Gasteiger partial charge is 0.497 e. The monoisotopic (exact) mass is 360 g/mol. The molecule has 0 aliphatic rings. The van der Waals surface area contributed by atoms with Crippen molar-refractivity contribution in [3.05, 3.63) is 57.9 Å². The maximum absolute atomic E-state index is 12.5. The van der Waals surface area contributed by atoms with Crippen molar-refractivity contribution >= 4 is 39.1 Å². The van der Waals surface area contributed by atoms with Gasteiger partial charge >= 0.3 is 0 Å². The summed E-state index contributed by atoms with van der Waals surface area (Å²) in [5.41, 5.74) is 1.59. The van der Waals surface area contributed by atoms with Crippen LogP contribution in [0.2, 0.25) is 5.02 Å². The summed E-state index contributed by atoms with van der Waals surface area (Å²) in [6, 6.07) is 12.7. The number of methoxy groups -OCH3 is 1. The second kappa shape index (κ2) is 7.20. The van der Waals surface area contributed by atoms with E-state index in [1.54, 1.807) is 31.4 Å². The highest BCUT2D eigenvalue weighted by atomic mass is 35.5. The van der Waals surface area contributed by atoms with Crippen molar-refractivity contribution in [1.29, 1.82) is 0 Å². The van der Waals surface area contributed by atoms with E-state index in [0.29, 0.717) is 21.1 Å². The molecule has 4 nitrogen and oxygen atoms in total. The molecule has 3 aromatic rings. The van der Waals surface area contributed by atoms with Gasteiger partial charge in [0.1, 0.15) is 5.75 Å². The molecule has 2 aromatic carbocycles. The number of ether oxygens (including phenoxy) is 1. The Kier molecular flexibility index (Phi) is 5.02. The van der Waals surface area contributed by atoms with Crippen molar-refractivity contribution in [1.82, 2.24) is 4.57 Å². The third-order valence-corrected chi connectivity index (χ3v) is 4.90. The van der Waals surface area contributed by atoms with Crippen molar-refractivity contribution in [3.63, 3.8) is 0 Å². The van der Waals surface area contributed by atoms with Gasteiger partial charge in [0.25, 0.3) is 5.91 Å². The summed E-state index contributed by atoms with van der Waals surface area (Å²) < 4.78 is 8.21. The van der Waals surface area contributed by atoms with E-state index >= 15 is 0 Å². The highest BCUT2D eigenvalue weighted by molar-refractivity contribution is 7.16. The van der Waals surface area contributed by atoms with Crippen LogP contribution in [0, 0.1) is 0 Å². The Labute approximate surface area is 149 Å². The lowest BCUT2D eigenvalue weighted by Gasteiger charge is -2.03. The standard InChI is InChI=1S/C18H17ClN2O2S/c1-3-10-21-15-9-6-13(19)11-16(15)24-18(21)20-17(22)12-4-7-14(23-2)8-5-12/h4-9,11H,3,10H2,1-2H3. The maximum atomic E-state index is 12.5. The van der Waals surface area contributed by atoms with Crippen LogP contribution in [-0.4, -0.2) is 17.6 Å². The molecule has 0 fully saturated rings. The quantitative estimate of drug-likeness (QED) is 0.686. The predicted molar refractivity (Wildman–Crippen MR) is 98.0 cm³/mol. The number of carbonyl (C=O) groups excluding carboxylic acids is 1. The van der Waals surface area contributed by atoms with Crippen LogP contribution in [-0.2, 0) is 6.54 Å². The number of benzene rings is 2. The molecule has 0 N–H and O–H groups in total. The number of fused-ring (bicyclic) bond motifs is 1. The molecule has 0 spiro atoms. The van der Waals surface area contributed by atoms with Crippen LogP contribution in [0.3, 0.4) is 0 Å². The van der Waals surface area contributed by atoms with Gasteiger partial charge in [0.2, 0.25) is 0 Å². The van der Waals surface area contributed by atoms with Gasteiger partial charge in [-0.1, -0.05) is 29.9 Å². The first-order valence-electron chi connectivity index (χ1n) is 7.64. The number of hydrogen-bond donors (Lipinski definition) is 0. The zero-order valence-electron chi connectivity index (χ0n) is 13.5. The Balaban J connectivity index is 2.07. The van der Waals surface area contributed by atoms with E-state index in [1.165, 1.54) is 11.3 Å². The van der Waals surface area contributed by atoms with E-state index in [0.717, 1.165) is 23.2 Å². The zero-order valence-corrected chi connectivity index (χ0v) is 15.0. The molecule has 3 rings (SSSR count). The lowest BCUT2D eigenvalue weighted by atomic mass is 10.2. The predicted octanol–water partition coefficient (Wildman–Crippen LogP) is 4.52. The lowest BCUT2D eigenvalue weighted by Crippen LogP contribution is -2.16. The van der Waals surface area contributed by atoms with Gasteiger partial charge < -0.3 is 9.30 Å². The topological polar surface area (TPSA) is 43.6 Å². The van der Waals surface area contributed by atoms with Crippen LogP contribution >= 0.6 is 22.9 Å². The van der Waals surface area contributed by atoms with Crippen LogP contribution < -0.4 is 9.54 Å². The van der Waals surface area contributed by atoms with Gasteiger partial charge in [-0.25, -0.2) is 0 Å². The smallest absolute Gasteiger partial charge is 0.279 e.